The van der Waals surface area contributed by atoms with E-state index >= 15 is 0 Å². The smallest absolute Gasteiger partial charge is 0.224 e. The molecule has 0 radical (unpaired) electrons. The van der Waals surface area contributed by atoms with Crippen molar-refractivity contribution in [3.8, 4) is 0 Å². The van der Waals surface area contributed by atoms with Crippen LogP contribution in [0, 0.1) is 11.6 Å². The summed E-state index contributed by atoms with van der Waals surface area (Å²) in [6, 6.07) is 3.04. The molecule has 1 amide bonds. The Hall–Kier alpha value is -1.45. The highest BCUT2D eigenvalue weighted by atomic mass is 19.1. The predicted molar refractivity (Wildman–Crippen MR) is 44.1 cm³/mol. The van der Waals surface area contributed by atoms with Gasteiger partial charge in [0.05, 0.1) is 6.42 Å². The van der Waals surface area contributed by atoms with E-state index in [1.807, 2.05) is 0 Å². The second-order valence-corrected chi connectivity index (χ2v) is 2.59. The quantitative estimate of drug-likeness (QED) is 0.738. The molecular formula is C9H9F2NO. The van der Waals surface area contributed by atoms with Crippen LogP contribution in [0.15, 0.2) is 18.2 Å². The summed E-state index contributed by atoms with van der Waals surface area (Å²) in [5.41, 5.74) is 0.0688. The number of carbonyl (C=O) groups is 1. The molecule has 1 rings (SSSR count). The first kappa shape index (κ1) is 9.64. The van der Waals surface area contributed by atoms with Gasteiger partial charge in [-0.15, -0.1) is 0 Å². The van der Waals surface area contributed by atoms with Gasteiger partial charge in [0.15, 0.2) is 0 Å². The molecule has 1 N–H and O–H groups in total. The summed E-state index contributed by atoms with van der Waals surface area (Å²) in [7, 11) is 1.44. The van der Waals surface area contributed by atoms with E-state index in [2.05, 4.69) is 5.32 Å². The molecule has 1 aromatic carbocycles. The first-order valence-corrected chi connectivity index (χ1v) is 3.78. The molecule has 0 bridgehead atoms. The molecule has 0 fully saturated rings. The first-order chi connectivity index (χ1) is 6.13. The maximum absolute atomic E-state index is 12.9. The standard InChI is InChI=1S/C9H9F2NO/c1-12-9(13)5-6-4-7(10)2-3-8(6)11/h2-4H,5H2,1H3,(H,12,13). The van der Waals surface area contributed by atoms with Gasteiger partial charge < -0.3 is 5.32 Å². The maximum Gasteiger partial charge on any atom is 0.224 e. The van der Waals surface area contributed by atoms with Crippen molar-refractivity contribution in [1.82, 2.24) is 5.32 Å². The Bertz CT molecular complexity index is 325. The lowest BCUT2D eigenvalue weighted by atomic mass is 10.1. The Labute approximate surface area is 74.6 Å². The van der Waals surface area contributed by atoms with E-state index in [4.69, 9.17) is 0 Å². The highest BCUT2D eigenvalue weighted by Gasteiger charge is 2.07. The third-order valence-corrected chi connectivity index (χ3v) is 1.64. The van der Waals surface area contributed by atoms with Crippen LogP contribution in [-0.2, 0) is 11.2 Å². The van der Waals surface area contributed by atoms with Gasteiger partial charge >= 0.3 is 0 Å². The number of amides is 1. The SMILES string of the molecule is CNC(=O)Cc1cc(F)ccc1F. The molecule has 70 valence electrons. The molecule has 0 atom stereocenters. The summed E-state index contributed by atoms with van der Waals surface area (Å²) >= 11 is 0. The van der Waals surface area contributed by atoms with E-state index in [0.717, 1.165) is 18.2 Å². The monoisotopic (exact) mass is 185 g/mol. The molecule has 0 aliphatic heterocycles. The molecule has 0 aliphatic rings. The van der Waals surface area contributed by atoms with E-state index in [9.17, 15) is 13.6 Å². The molecule has 0 saturated heterocycles. The number of rotatable bonds is 2. The Morgan fingerprint density at radius 2 is 2.15 bits per heavy atom. The molecule has 13 heavy (non-hydrogen) atoms. The number of halogens is 2. The molecule has 0 heterocycles. The normalized spacial score (nSPS) is 9.77. The molecule has 0 aliphatic carbocycles. The number of benzene rings is 1. The molecule has 0 aromatic heterocycles. The van der Waals surface area contributed by atoms with Gasteiger partial charge in [-0.3, -0.25) is 4.79 Å². The average Bonchev–Trinajstić information content (AvgIpc) is 2.11. The van der Waals surface area contributed by atoms with Gasteiger partial charge in [0, 0.05) is 12.6 Å². The third-order valence-electron chi connectivity index (χ3n) is 1.64. The van der Waals surface area contributed by atoms with Crippen molar-refractivity contribution in [1.29, 1.82) is 0 Å². The number of hydrogen-bond donors (Lipinski definition) is 1. The van der Waals surface area contributed by atoms with Crippen molar-refractivity contribution >= 4 is 5.91 Å². The van der Waals surface area contributed by atoms with Gasteiger partial charge in [-0.05, 0) is 18.2 Å². The van der Waals surface area contributed by atoms with Gasteiger partial charge in [0.1, 0.15) is 11.6 Å². The Balaban J connectivity index is 2.87. The molecular weight excluding hydrogens is 176 g/mol. The van der Waals surface area contributed by atoms with Gasteiger partial charge in [0.25, 0.3) is 0 Å². The molecule has 2 nitrogen and oxygen atoms in total. The largest absolute Gasteiger partial charge is 0.359 e. The lowest BCUT2D eigenvalue weighted by Crippen LogP contribution is -2.20. The summed E-state index contributed by atoms with van der Waals surface area (Å²) in [4.78, 5) is 10.8. The Kier molecular flexibility index (Phi) is 2.95. The lowest BCUT2D eigenvalue weighted by molar-refractivity contribution is -0.120. The van der Waals surface area contributed by atoms with Crippen molar-refractivity contribution in [2.45, 2.75) is 6.42 Å². The van der Waals surface area contributed by atoms with E-state index in [1.54, 1.807) is 0 Å². The second-order valence-electron chi connectivity index (χ2n) is 2.59. The van der Waals surface area contributed by atoms with E-state index < -0.39 is 11.6 Å². The third kappa shape index (κ3) is 2.50. The number of nitrogens with one attached hydrogen (secondary N) is 1. The van der Waals surface area contributed by atoms with Crippen LogP contribution in [-0.4, -0.2) is 13.0 Å². The van der Waals surface area contributed by atoms with Crippen molar-refractivity contribution in [3.05, 3.63) is 35.4 Å². The molecule has 0 unspecified atom stereocenters. The topological polar surface area (TPSA) is 29.1 Å². The van der Waals surface area contributed by atoms with Gasteiger partial charge in [-0.25, -0.2) is 8.78 Å². The van der Waals surface area contributed by atoms with Crippen molar-refractivity contribution in [3.63, 3.8) is 0 Å². The van der Waals surface area contributed by atoms with Crippen LogP contribution in [0.5, 0.6) is 0 Å². The number of likely N-dealkylation sites (N-methyl/N-ethyl adjacent to an activating group) is 1. The van der Waals surface area contributed by atoms with Crippen LogP contribution in [0.25, 0.3) is 0 Å². The minimum atomic E-state index is -0.565. The summed E-state index contributed by atoms with van der Waals surface area (Å²) in [5.74, 6) is -1.45. The van der Waals surface area contributed by atoms with E-state index in [1.165, 1.54) is 7.05 Å². The van der Waals surface area contributed by atoms with Crippen LogP contribution in [0.2, 0.25) is 0 Å². The van der Waals surface area contributed by atoms with Crippen LogP contribution in [0.3, 0.4) is 0 Å². The summed E-state index contributed by atoms with van der Waals surface area (Å²) in [5, 5.41) is 2.33. The van der Waals surface area contributed by atoms with Gasteiger partial charge in [-0.2, -0.15) is 0 Å². The van der Waals surface area contributed by atoms with Crippen molar-refractivity contribution < 1.29 is 13.6 Å². The highest BCUT2D eigenvalue weighted by molar-refractivity contribution is 5.78. The highest BCUT2D eigenvalue weighted by Crippen LogP contribution is 2.09. The minimum absolute atomic E-state index is 0.0688. The number of hydrogen-bond acceptors (Lipinski definition) is 1. The van der Waals surface area contributed by atoms with Crippen molar-refractivity contribution in [2.24, 2.45) is 0 Å². The van der Waals surface area contributed by atoms with E-state index in [0.29, 0.717) is 0 Å². The Morgan fingerprint density at radius 1 is 1.46 bits per heavy atom. The Morgan fingerprint density at radius 3 is 2.77 bits per heavy atom. The fourth-order valence-corrected chi connectivity index (χ4v) is 0.940. The van der Waals surface area contributed by atoms with Crippen LogP contribution in [0.4, 0.5) is 8.78 Å². The van der Waals surface area contributed by atoms with Crippen LogP contribution < -0.4 is 5.32 Å². The van der Waals surface area contributed by atoms with E-state index in [-0.39, 0.29) is 17.9 Å². The summed E-state index contributed by atoms with van der Waals surface area (Å²) < 4.78 is 25.5. The number of carbonyl (C=O) groups excluding carboxylic acids is 1. The molecule has 0 spiro atoms. The summed E-state index contributed by atoms with van der Waals surface area (Å²) in [6.45, 7) is 0. The fourth-order valence-electron chi connectivity index (χ4n) is 0.940. The van der Waals surface area contributed by atoms with Crippen LogP contribution >= 0.6 is 0 Å². The van der Waals surface area contributed by atoms with Gasteiger partial charge in [-0.1, -0.05) is 0 Å². The first-order valence-electron chi connectivity index (χ1n) is 3.78. The maximum atomic E-state index is 12.9. The zero-order valence-corrected chi connectivity index (χ0v) is 7.10. The molecule has 1 aromatic rings. The summed E-state index contributed by atoms with van der Waals surface area (Å²) in [6.07, 6.45) is -0.139. The average molecular weight is 185 g/mol. The minimum Gasteiger partial charge on any atom is -0.359 e. The van der Waals surface area contributed by atoms with Gasteiger partial charge in [0.2, 0.25) is 5.91 Å². The predicted octanol–water partition coefficient (Wildman–Crippen LogP) is 1.25. The molecule has 4 heteroatoms. The van der Waals surface area contributed by atoms with Crippen LogP contribution in [0.1, 0.15) is 5.56 Å². The zero-order valence-electron chi connectivity index (χ0n) is 7.10. The lowest BCUT2D eigenvalue weighted by Gasteiger charge is -2.01. The fraction of sp³-hybridized carbons (Fsp3) is 0.222. The zero-order chi connectivity index (χ0) is 9.84. The second kappa shape index (κ2) is 3.98. The molecule has 0 saturated carbocycles. The van der Waals surface area contributed by atoms with Crippen molar-refractivity contribution in [2.75, 3.05) is 7.05 Å².